The van der Waals surface area contributed by atoms with E-state index >= 15 is 0 Å². The lowest BCUT2D eigenvalue weighted by molar-refractivity contribution is -0.103. The van der Waals surface area contributed by atoms with E-state index < -0.39 is 5.72 Å². The molecule has 0 aromatic rings. The largest absolute Gasteiger partial charge is 0.376 e. The van der Waals surface area contributed by atoms with Gasteiger partial charge in [0.1, 0.15) is 5.72 Å². The first-order valence-corrected chi connectivity index (χ1v) is 3.56. The normalized spacial score (nSPS) is 39.0. The summed E-state index contributed by atoms with van der Waals surface area (Å²) in [6.07, 6.45) is 3.31. The van der Waals surface area contributed by atoms with E-state index in [0.29, 0.717) is 0 Å². The molecule has 0 spiro atoms. The van der Waals surface area contributed by atoms with E-state index in [1.54, 1.807) is 0 Å². The summed E-state index contributed by atoms with van der Waals surface area (Å²) >= 11 is 0. The molecule has 9 heavy (non-hydrogen) atoms. The second-order valence-electron chi connectivity index (χ2n) is 3.10. The van der Waals surface area contributed by atoms with E-state index in [2.05, 4.69) is 0 Å². The summed E-state index contributed by atoms with van der Waals surface area (Å²) in [4.78, 5) is 2.01. The van der Waals surface area contributed by atoms with Crippen molar-refractivity contribution >= 4 is 0 Å². The molecular formula is C7H15NO. The van der Waals surface area contributed by atoms with Gasteiger partial charge < -0.3 is 5.11 Å². The van der Waals surface area contributed by atoms with Crippen LogP contribution in [0.1, 0.15) is 26.2 Å². The minimum atomic E-state index is -0.530. The van der Waals surface area contributed by atoms with Gasteiger partial charge in [0, 0.05) is 6.54 Å². The first-order valence-electron chi connectivity index (χ1n) is 3.56. The third-order valence-electron chi connectivity index (χ3n) is 2.22. The number of aliphatic hydroxyl groups is 1. The van der Waals surface area contributed by atoms with Crippen LogP contribution in [0.5, 0.6) is 0 Å². The summed E-state index contributed by atoms with van der Waals surface area (Å²) in [5, 5.41) is 9.57. The van der Waals surface area contributed by atoms with E-state index in [-0.39, 0.29) is 0 Å². The highest BCUT2D eigenvalue weighted by molar-refractivity contribution is 4.76. The molecule has 0 aromatic carbocycles. The van der Waals surface area contributed by atoms with E-state index in [0.717, 1.165) is 19.4 Å². The lowest BCUT2D eigenvalue weighted by atomic mass is 10.0. The second-order valence-corrected chi connectivity index (χ2v) is 3.10. The lowest BCUT2D eigenvalue weighted by Crippen LogP contribution is -2.46. The van der Waals surface area contributed by atoms with Crippen molar-refractivity contribution in [2.75, 3.05) is 13.6 Å². The van der Waals surface area contributed by atoms with Crippen molar-refractivity contribution in [3.05, 3.63) is 0 Å². The Kier molecular flexibility index (Phi) is 1.78. The Morgan fingerprint density at radius 3 is 2.44 bits per heavy atom. The highest BCUT2D eigenvalue weighted by atomic mass is 16.3. The lowest BCUT2D eigenvalue weighted by Gasteiger charge is -2.37. The SMILES string of the molecule is CN1CCCCC1(C)O. The Balaban J connectivity index is 2.49. The maximum Gasteiger partial charge on any atom is 0.115 e. The molecule has 1 aliphatic rings. The summed E-state index contributed by atoms with van der Waals surface area (Å²) in [6, 6.07) is 0. The van der Waals surface area contributed by atoms with E-state index in [4.69, 9.17) is 0 Å². The fourth-order valence-electron chi connectivity index (χ4n) is 1.24. The van der Waals surface area contributed by atoms with Gasteiger partial charge in [-0.25, -0.2) is 0 Å². The molecule has 0 radical (unpaired) electrons. The molecule has 54 valence electrons. The molecule has 0 amide bonds. The molecule has 1 aliphatic heterocycles. The average molecular weight is 129 g/mol. The van der Waals surface area contributed by atoms with Gasteiger partial charge in [0.2, 0.25) is 0 Å². The monoisotopic (exact) mass is 129 g/mol. The number of nitrogens with zero attached hydrogens (tertiary/aromatic N) is 1. The van der Waals surface area contributed by atoms with Crippen molar-refractivity contribution in [3.8, 4) is 0 Å². The van der Waals surface area contributed by atoms with Gasteiger partial charge in [0.25, 0.3) is 0 Å². The first kappa shape index (κ1) is 7.03. The molecule has 1 rings (SSSR count). The van der Waals surface area contributed by atoms with Crippen LogP contribution in [-0.2, 0) is 0 Å². The van der Waals surface area contributed by atoms with Crippen molar-refractivity contribution in [1.29, 1.82) is 0 Å². The van der Waals surface area contributed by atoms with E-state index in [9.17, 15) is 5.11 Å². The fraction of sp³-hybridized carbons (Fsp3) is 1.00. The molecule has 1 unspecified atom stereocenters. The zero-order valence-corrected chi connectivity index (χ0v) is 6.22. The Morgan fingerprint density at radius 2 is 2.11 bits per heavy atom. The predicted molar refractivity (Wildman–Crippen MR) is 37.1 cm³/mol. The van der Waals surface area contributed by atoms with Gasteiger partial charge in [-0.3, -0.25) is 4.90 Å². The summed E-state index contributed by atoms with van der Waals surface area (Å²) in [5.41, 5.74) is -0.530. The van der Waals surface area contributed by atoms with Crippen molar-refractivity contribution in [1.82, 2.24) is 4.90 Å². The van der Waals surface area contributed by atoms with E-state index in [1.807, 2.05) is 18.9 Å². The van der Waals surface area contributed by atoms with Gasteiger partial charge in [0.05, 0.1) is 0 Å². The molecule has 0 bridgehead atoms. The van der Waals surface area contributed by atoms with Gasteiger partial charge in [-0.1, -0.05) is 0 Å². The smallest absolute Gasteiger partial charge is 0.115 e. The van der Waals surface area contributed by atoms with Crippen LogP contribution < -0.4 is 0 Å². The fourth-order valence-corrected chi connectivity index (χ4v) is 1.24. The zero-order valence-electron chi connectivity index (χ0n) is 6.22. The van der Waals surface area contributed by atoms with Crippen LogP contribution in [-0.4, -0.2) is 29.3 Å². The van der Waals surface area contributed by atoms with Crippen molar-refractivity contribution in [2.24, 2.45) is 0 Å². The van der Waals surface area contributed by atoms with Crippen LogP contribution in [0.3, 0.4) is 0 Å². The highest BCUT2D eigenvalue weighted by Crippen LogP contribution is 2.22. The molecule has 1 N–H and O–H groups in total. The molecule has 1 heterocycles. The molecular weight excluding hydrogens is 114 g/mol. The van der Waals surface area contributed by atoms with Crippen LogP contribution in [0.15, 0.2) is 0 Å². The Morgan fingerprint density at radius 1 is 1.44 bits per heavy atom. The first-order chi connectivity index (χ1) is 4.13. The topological polar surface area (TPSA) is 23.5 Å². The molecule has 0 aliphatic carbocycles. The highest BCUT2D eigenvalue weighted by Gasteiger charge is 2.27. The van der Waals surface area contributed by atoms with Gasteiger partial charge in [-0.05, 0) is 33.2 Å². The van der Waals surface area contributed by atoms with Gasteiger partial charge >= 0.3 is 0 Å². The van der Waals surface area contributed by atoms with E-state index in [1.165, 1.54) is 6.42 Å². The van der Waals surface area contributed by atoms with Crippen LogP contribution >= 0.6 is 0 Å². The maximum absolute atomic E-state index is 9.57. The third-order valence-corrected chi connectivity index (χ3v) is 2.22. The number of hydrogen-bond donors (Lipinski definition) is 1. The van der Waals surface area contributed by atoms with Crippen LogP contribution in [0.25, 0.3) is 0 Å². The van der Waals surface area contributed by atoms with Crippen LogP contribution in [0.4, 0.5) is 0 Å². The van der Waals surface area contributed by atoms with Gasteiger partial charge in [-0.2, -0.15) is 0 Å². The molecule has 0 aromatic heterocycles. The number of hydrogen-bond acceptors (Lipinski definition) is 2. The summed E-state index contributed by atoms with van der Waals surface area (Å²) in [6.45, 7) is 2.92. The van der Waals surface area contributed by atoms with Gasteiger partial charge in [-0.15, -0.1) is 0 Å². The summed E-state index contributed by atoms with van der Waals surface area (Å²) < 4.78 is 0. The summed E-state index contributed by atoms with van der Waals surface area (Å²) in [5.74, 6) is 0. The maximum atomic E-state index is 9.57. The van der Waals surface area contributed by atoms with Crippen molar-refractivity contribution in [3.63, 3.8) is 0 Å². The van der Waals surface area contributed by atoms with Crippen LogP contribution in [0.2, 0.25) is 0 Å². The average Bonchev–Trinajstić information content (AvgIpc) is 1.77. The molecule has 0 saturated carbocycles. The standard InChI is InChI=1S/C7H15NO/c1-7(9)5-3-4-6-8(7)2/h9H,3-6H2,1-2H3. The molecule has 2 nitrogen and oxygen atoms in total. The van der Waals surface area contributed by atoms with Crippen molar-refractivity contribution in [2.45, 2.75) is 31.9 Å². The Hall–Kier alpha value is -0.0800. The number of piperidine rings is 1. The Bertz CT molecular complexity index is 101. The Labute approximate surface area is 56.5 Å². The third kappa shape index (κ3) is 1.43. The van der Waals surface area contributed by atoms with Crippen LogP contribution in [0, 0.1) is 0 Å². The predicted octanol–water partition coefficient (Wildman–Crippen LogP) is 0.811. The number of rotatable bonds is 0. The minimum absolute atomic E-state index is 0.530. The van der Waals surface area contributed by atoms with Gasteiger partial charge in [0.15, 0.2) is 0 Å². The quantitative estimate of drug-likeness (QED) is 0.523. The zero-order chi connectivity index (χ0) is 6.91. The van der Waals surface area contributed by atoms with Crippen molar-refractivity contribution < 1.29 is 5.11 Å². The minimum Gasteiger partial charge on any atom is -0.376 e. The molecule has 1 saturated heterocycles. The molecule has 1 fully saturated rings. The second kappa shape index (κ2) is 2.27. The number of likely N-dealkylation sites (tertiary alicyclic amines) is 1. The molecule has 2 heteroatoms. The summed E-state index contributed by atoms with van der Waals surface area (Å²) in [7, 11) is 1.97. The molecule has 1 atom stereocenters.